The number of nitrogens with one attached hydrogen (secondary N) is 2. The summed E-state index contributed by atoms with van der Waals surface area (Å²) in [7, 11) is 1.87. The molecule has 4 rings (SSSR count). The van der Waals surface area contributed by atoms with Crippen molar-refractivity contribution in [3.8, 4) is 0 Å². The molecule has 1 aromatic carbocycles. The second-order valence-electron chi connectivity index (χ2n) is 13.1. The van der Waals surface area contributed by atoms with E-state index in [4.69, 9.17) is 15.4 Å². The molecule has 2 aliphatic heterocycles. The van der Waals surface area contributed by atoms with E-state index < -0.39 is 35.5 Å². The third-order valence-electron chi connectivity index (χ3n) is 9.75. The number of hydrazone groups is 1. The van der Waals surface area contributed by atoms with Crippen molar-refractivity contribution < 1.29 is 24.0 Å². The number of hydroxylamine groups is 1. The first-order chi connectivity index (χ1) is 21.9. The quantitative estimate of drug-likeness (QED) is 0.100. The predicted octanol–water partition coefficient (Wildman–Crippen LogP) is 4.42. The highest BCUT2D eigenvalue weighted by molar-refractivity contribution is 6.09. The Morgan fingerprint density at radius 3 is 2.49 bits per heavy atom. The SMILES string of the molecule is CCCC(CCc1ccccc1)(C(=O)NN)C(=O)[C@@H]([C@H](CCCC1CCCCC1)C(=O)NOC1CCCCO1)N1CN(C)C=N1. The molecule has 0 spiro atoms. The highest BCUT2D eigenvalue weighted by Crippen LogP contribution is 2.38. The lowest BCUT2D eigenvalue weighted by Gasteiger charge is -2.39. The molecule has 1 saturated heterocycles. The number of nitrogens with two attached hydrogens (primary N) is 1. The topological polar surface area (TPSA) is 139 Å². The zero-order valence-electron chi connectivity index (χ0n) is 27.3. The van der Waals surface area contributed by atoms with E-state index in [1.165, 1.54) is 32.1 Å². The number of carbonyl (C=O) groups is 3. The zero-order chi connectivity index (χ0) is 32.1. The lowest BCUT2D eigenvalue weighted by atomic mass is 9.69. The fraction of sp³-hybridized carbons (Fsp3) is 0.706. The molecule has 11 nitrogen and oxygen atoms in total. The molecule has 2 heterocycles. The van der Waals surface area contributed by atoms with Crippen LogP contribution in [-0.4, -0.2) is 66.5 Å². The molecule has 1 aliphatic carbocycles. The molecule has 4 N–H and O–H groups in total. The van der Waals surface area contributed by atoms with Gasteiger partial charge in [0, 0.05) is 20.1 Å². The predicted molar refractivity (Wildman–Crippen MR) is 173 cm³/mol. The molecule has 250 valence electrons. The van der Waals surface area contributed by atoms with E-state index in [1.807, 2.05) is 49.2 Å². The molecule has 0 aromatic heterocycles. The van der Waals surface area contributed by atoms with Gasteiger partial charge in [0.1, 0.15) is 24.5 Å². The maximum atomic E-state index is 15.1. The van der Waals surface area contributed by atoms with Crippen molar-refractivity contribution in [3.63, 3.8) is 0 Å². The molecule has 1 saturated carbocycles. The Kier molecular flexibility index (Phi) is 13.6. The van der Waals surface area contributed by atoms with Gasteiger partial charge in [-0.05, 0) is 50.0 Å². The van der Waals surface area contributed by atoms with Gasteiger partial charge in [-0.1, -0.05) is 88.6 Å². The molecule has 3 aliphatic rings. The van der Waals surface area contributed by atoms with Crippen molar-refractivity contribution in [2.75, 3.05) is 20.3 Å². The summed E-state index contributed by atoms with van der Waals surface area (Å²) in [5, 5.41) is 6.24. The van der Waals surface area contributed by atoms with Crippen LogP contribution in [0, 0.1) is 17.3 Å². The lowest BCUT2D eigenvalue weighted by molar-refractivity contribution is -0.203. The zero-order valence-corrected chi connectivity index (χ0v) is 27.3. The maximum absolute atomic E-state index is 15.1. The van der Waals surface area contributed by atoms with Crippen LogP contribution in [0.3, 0.4) is 0 Å². The van der Waals surface area contributed by atoms with Crippen LogP contribution in [0.2, 0.25) is 0 Å². The Bertz CT molecular complexity index is 1110. The van der Waals surface area contributed by atoms with E-state index in [1.54, 1.807) is 11.3 Å². The monoisotopic (exact) mass is 626 g/mol. The Hall–Kier alpha value is -3.02. The molecule has 2 fully saturated rings. The number of carbonyl (C=O) groups excluding carboxylic acids is 3. The number of ether oxygens (including phenoxy) is 1. The fourth-order valence-electron chi connectivity index (χ4n) is 7.24. The minimum Gasteiger partial charge on any atom is -0.350 e. The summed E-state index contributed by atoms with van der Waals surface area (Å²) in [5.74, 6) is 4.37. The highest BCUT2D eigenvalue weighted by atomic mass is 16.8. The summed E-state index contributed by atoms with van der Waals surface area (Å²) in [6, 6.07) is 8.82. The van der Waals surface area contributed by atoms with Gasteiger partial charge in [-0.2, -0.15) is 5.10 Å². The standard InChI is InChI=1S/C34H54N6O5/c1-3-21-34(33(43)37-35,22-20-27-15-8-5-9-16-27)31(41)30(40-25-39(2)24-36-40)28(18-12-17-26-13-6-4-7-14-26)32(42)38-45-29-19-10-11-23-44-29/h5,8-9,15-16,24,26,28-30H,3-4,6-7,10-14,17-23,25,35H2,1-2H3,(H,37,43)(H,38,42)/t28-,29?,30+,34?/m0/s1. The molecule has 45 heavy (non-hydrogen) atoms. The van der Waals surface area contributed by atoms with Gasteiger partial charge in [0.15, 0.2) is 12.1 Å². The second kappa shape index (κ2) is 17.6. The van der Waals surface area contributed by atoms with Crippen LogP contribution in [0.4, 0.5) is 0 Å². The normalized spacial score (nSPS) is 21.6. The van der Waals surface area contributed by atoms with Gasteiger partial charge in [0.05, 0.1) is 5.92 Å². The molecular formula is C34H54N6O5. The number of nitrogens with zero attached hydrogens (tertiary/aromatic N) is 3. The van der Waals surface area contributed by atoms with E-state index in [0.29, 0.717) is 51.3 Å². The summed E-state index contributed by atoms with van der Waals surface area (Å²) in [4.78, 5) is 50.5. The lowest BCUT2D eigenvalue weighted by Crippen LogP contribution is -2.59. The van der Waals surface area contributed by atoms with Crippen LogP contribution < -0.4 is 16.7 Å². The largest absolute Gasteiger partial charge is 0.350 e. The van der Waals surface area contributed by atoms with Crippen molar-refractivity contribution in [2.45, 2.75) is 116 Å². The molecule has 2 unspecified atom stereocenters. The number of hydrazine groups is 1. The second-order valence-corrected chi connectivity index (χ2v) is 13.1. The van der Waals surface area contributed by atoms with E-state index in [9.17, 15) is 9.59 Å². The van der Waals surface area contributed by atoms with Gasteiger partial charge >= 0.3 is 0 Å². The number of Topliss-reactive ketones (excluding diaryl/α,β-unsaturated/α-hetero) is 1. The Morgan fingerprint density at radius 1 is 1.09 bits per heavy atom. The fourth-order valence-corrected chi connectivity index (χ4v) is 7.24. The van der Waals surface area contributed by atoms with Crippen molar-refractivity contribution >= 4 is 23.9 Å². The molecule has 0 bridgehead atoms. The van der Waals surface area contributed by atoms with Gasteiger partial charge in [0.25, 0.3) is 0 Å². The summed E-state index contributed by atoms with van der Waals surface area (Å²) in [6.07, 6.45) is 13.8. The van der Waals surface area contributed by atoms with Gasteiger partial charge in [-0.15, -0.1) is 0 Å². The Morgan fingerprint density at radius 2 is 1.84 bits per heavy atom. The first kappa shape index (κ1) is 34.8. The van der Waals surface area contributed by atoms with Crippen LogP contribution >= 0.6 is 0 Å². The van der Waals surface area contributed by atoms with Crippen molar-refractivity contribution in [3.05, 3.63) is 35.9 Å². The van der Waals surface area contributed by atoms with Crippen LogP contribution in [0.1, 0.15) is 102 Å². The molecule has 0 radical (unpaired) electrons. The minimum atomic E-state index is -1.45. The van der Waals surface area contributed by atoms with E-state index in [2.05, 4.69) is 16.0 Å². The highest BCUT2D eigenvalue weighted by Gasteiger charge is 2.52. The number of amides is 2. The summed E-state index contributed by atoms with van der Waals surface area (Å²) < 4.78 is 5.69. The van der Waals surface area contributed by atoms with Crippen LogP contribution in [0.15, 0.2) is 35.4 Å². The first-order valence-corrected chi connectivity index (χ1v) is 17.0. The van der Waals surface area contributed by atoms with Crippen molar-refractivity contribution in [2.24, 2.45) is 28.2 Å². The van der Waals surface area contributed by atoms with E-state index in [-0.39, 0.29) is 12.2 Å². The maximum Gasteiger partial charge on any atom is 0.249 e. The number of hydrogen-bond acceptors (Lipinski definition) is 9. The average Bonchev–Trinajstić information content (AvgIpc) is 3.51. The van der Waals surface area contributed by atoms with Crippen LogP contribution in [0.5, 0.6) is 0 Å². The number of hydrogen-bond donors (Lipinski definition) is 3. The minimum absolute atomic E-state index is 0.263. The summed E-state index contributed by atoms with van der Waals surface area (Å²) in [5.41, 5.74) is 4.55. The molecule has 1 aromatic rings. The molecule has 4 atom stereocenters. The third kappa shape index (κ3) is 9.50. The smallest absolute Gasteiger partial charge is 0.249 e. The average molecular weight is 627 g/mol. The van der Waals surface area contributed by atoms with Gasteiger partial charge < -0.3 is 9.64 Å². The number of aryl methyl sites for hydroxylation is 1. The van der Waals surface area contributed by atoms with Crippen molar-refractivity contribution in [1.82, 2.24) is 20.8 Å². The molecule has 2 amide bonds. The number of benzene rings is 1. The number of ketones is 1. The first-order valence-electron chi connectivity index (χ1n) is 17.0. The van der Waals surface area contributed by atoms with Gasteiger partial charge in [-0.3, -0.25) is 24.8 Å². The summed E-state index contributed by atoms with van der Waals surface area (Å²) in [6.45, 7) is 2.86. The third-order valence-corrected chi connectivity index (χ3v) is 9.75. The molecule has 11 heteroatoms. The van der Waals surface area contributed by atoms with Crippen molar-refractivity contribution in [1.29, 1.82) is 0 Å². The Labute approximate surface area is 268 Å². The van der Waals surface area contributed by atoms with Crippen LogP contribution in [-0.2, 0) is 30.4 Å². The molecular weight excluding hydrogens is 572 g/mol. The van der Waals surface area contributed by atoms with E-state index in [0.717, 1.165) is 31.2 Å². The Balaban J connectivity index is 1.66. The van der Waals surface area contributed by atoms with Crippen LogP contribution in [0.25, 0.3) is 0 Å². The van der Waals surface area contributed by atoms with Gasteiger partial charge in [-0.25, -0.2) is 16.2 Å². The summed E-state index contributed by atoms with van der Waals surface area (Å²) >= 11 is 0. The van der Waals surface area contributed by atoms with E-state index >= 15 is 4.79 Å². The number of rotatable bonds is 17. The van der Waals surface area contributed by atoms with Gasteiger partial charge in [0.2, 0.25) is 11.8 Å².